The first-order chi connectivity index (χ1) is 8.05. The van der Waals surface area contributed by atoms with Crippen molar-refractivity contribution in [1.29, 1.82) is 5.41 Å². The summed E-state index contributed by atoms with van der Waals surface area (Å²) in [6.07, 6.45) is 7.99. The SMILES string of the molecule is N=C(NC(=S)S)NC12CC3CC(CC(C3)C1)C2. The van der Waals surface area contributed by atoms with Gasteiger partial charge in [-0.2, -0.15) is 0 Å². The molecule has 0 heterocycles. The average molecular weight is 269 g/mol. The normalized spacial score (nSPS) is 42.3. The monoisotopic (exact) mass is 269 g/mol. The molecule has 94 valence electrons. The van der Waals surface area contributed by atoms with E-state index in [1.54, 1.807) is 0 Å². The third-order valence-electron chi connectivity index (χ3n) is 4.66. The fourth-order valence-electron chi connectivity index (χ4n) is 4.67. The van der Waals surface area contributed by atoms with Crippen molar-refractivity contribution in [3.63, 3.8) is 0 Å². The Morgan fingerprint density at radius 2 is 1.59 bits per heavy atom. The predicted octanol–water partition coefficient (Wildman–Crippen LogP) is 2.28. The third-order valence-corrected chi connectivity index (χ3v) is 4.87. The summed E-state index contributed by atoms with van der Waals surface area (Å²) < 4.78 is 0.368. The van der Waals surface area contributed by atoms with Crippen LogP contribution in [0.1, 0.15) is 38.5 Å². The van der Waals surface area contributed by atoms with Gasteiger partial charge in [-0.15, -0.1) is 12.6 Å². The Balaban J connectivity index is 1.70. The highest BCUT2D eigenvalue weighted by Gasteiger charge is 2.51. The van der Waals surface area contributed by atoms with Crippen molar-refractivity contribution in [3.8, 4) is 0 Å². The van der Waals surface area contributed by atoms with Crippen LogP contribution in [0.5, 0.6) is 0 Å². The molecule has 0 aromatic carbocycles. The molecule has 4 aliphatic carbocycles. The van der Waals surface area contributed by atoms with Gasteiger partial charge in [0.1, 0.15) is 4.32 Å². The van der Waals surface area contributed by atoms with Crippen LogP contribution in [0.25, 0.3) is 0 Å². The van der Waals surface area contributed by atoms with E-state index in [1.807, 2.05) is 0 Å². The lowest BCUT2D eigenvalue weighted by molar-refractivity contribution is -0.0104. The Kier molecular flexibility index (Phi) is 2.86. The molecule has 4 bridgehead atoms. The van der Waals surface area contributed by atoms with Crippen molar-refractivity contribution in [2.24, 2.45) is 17.8 Å². The first-order valence-electron chi connectivity index (χ1n) is 6.41. The maximum absolute atomic E-state index is 7.90. The van der Waals surface area contributed by atoms with Crippen molar-refractivity contribution >= 4 is 35.1 Å². The number of nitrogens with one attached hydrogen (secondary N) is 3. The number of guanidine groups is 1. The van der Waals surface area contributed by atoms with Crippen molar-refractivity contribution in [2.75, 3.05) is 0 Å². The highest BCUT2D eigenvalue weighted by Crippen LogP contribution is 2.55. The summed E-state index contributed by atoms with van der Waals surface area (Å²) in [5.41, 5.74) is 0.178. The molecular weight excluding hydrogens is 250 g/mol. The van der Waals surface area contributed by atoms with Gasteiger partial charge in [-0.25, -0.2) is 0 Å². The van der Waals surface area contributed by atoms with E-state index < -0.39 is 0 Å². The molecule has 3 nitrogen and oxygen atoms in total. The first-order valence-corrected chi connectivity index (χ1v) is 7.27. The fraction of sp³-hybridized carbons (Fsp3) is 0.833. The van der Waals surface area contributed by atoms with E-state index in [2.05, 4.69) is 23.3 Å². The largest absolute Gasteiger partial charge is 0.351 e. The Hall–Kier alpha value is -0.290. The fourth-order valence-corrected chi connectivity index (χ4v) is 4.88. The molecule has 4 rings (SSSR count). The molecule has 0 atom stereocenters. The van der Waals surface area contributed by atoms with E-state index >= 15 is 0 Å². The number of rotatable bonds is 1. The van der Waals surface area contributed by atoms with Crippen molar-refractivity contribution < 1.29 is 0 Å². The molecule has 3 N–H and O–H groups in total. The van der Waals surface area contributed by atoms with Gasteiger partial charge in [0.2, 0.25) is 0 Å². The van der Waals surface area contributed by atoms with E-state index in [0.717, 1.165) is 17.8 Å². The molecule has 4 saturated carbocycles. The van der Waals surface area contributed by atoms with Crippen LogP contribution in [0, 0.1) is 23.2 Å². The van der Waals surface area contributed by atoms with Crippen molar-refractivity contribution in [2.45, 2.75) is 44.1 Å². The van der Waals surface area contributed by atoms with Crippen LogP contribution in [0.4, 0.5) is 0 Å². The first kappa shape index (κ1) is 11.8. The van der Waals surface area contributed by atoms with Gasteiger partial charge in [-0.3, -0.25) is 5.41 Å². The second-order valence-electron chi connectivity index (χ2n) is 6.13. The Labute approximate surface area is 113 Å². The zero-order valence-electron chi connectivity index (χ0n) is 9.83. The maximum atomic E-state index is 7.90. The van der Waals surface area contributed by atoms with Gasteiger partial charge in [0.05, 0.1) is 0 Å². The second kappa shape index (κ2) is 4.12. The Morgan fingerprint density at radius 3 is 2.00 bits per heavy atom. The van der Waals surface area contributed by atoms with Crippen LogP contribution < -0.4 is 10.6 Å². The molecule has 0 amide bonds. The second-order valence-corrected chi connectivity index (χ2v) is 7.29. The highest BCUT2D eigenvalue weighted by atomic mass is 32.1. The van der Waals surface area contributed by atoms with Crippen LogP contribution in [0.2, 0.25) is 0 Å². The predicted molar refractivity (Wildman–Crippen MR) is 76.5 cm³/mol. The van der Waals surface area contributed by atoms with Crippen molar-refractivity contribution in [3.05, 3.63) is 0 Å². The van der Waals surface area contributed by atoms with Crippen molar-refractivity contribution in [1.82, 2.24) is 10.6 Å². The van der Waals surface area contributed by atoms with Crippen LogP contribution in [0.3, 0.4) is 0 Å². The summed E-state index contributed by atoms with van der Waals surface area (Å²) in [4.78, 5) is 0. The highest BCUT2D eigenvalue weighted by molar-refractivity contribution is 8.11. The maximum Gasteiger partial charge on any atom is 0.194 e. The summed E-state index contributed by atoms with van der Waals surface area (Å²) in [5, 5.41) is 14.1. The number of hydrogen-bond acceptors (Lipinski definition) is 2. The van der Waals surface area contributed by atoms with Crippen LogP contribution in [-0.2, 0) is 0 Å². The molecular formula is C12H19N3S2. The minimum atomic E-state index is 0.178. The van der Waals surface area contributed by atoms with Gasteiger partial charge in [0, 0.05) is 5.54 Å². The van der Waals surface area contributed by atoms with Gasteiger partial charge in [0.25, 0.3) is 0 Å². The smallest absolute Gasteiger partial charge is 0.194 e. The molecule has 0 aromatic rings. The van der Waals surface area contributed by atoms with Gasteiger partial charge < -0.3 is 10.6 Å². The lowest BCUT2D eigenvalue weighted by Gasteiger charge is -2.57. The lowest BCUT2D eigenvalue weighted by Crippen LogP contribution is -2.61. The quantitative estimate of drug-likeness (QED) is 0.256. The minimum Gasteiger partial charge on any atom is -0.351 e. The molecule has 0 aromatic heterocycles. The zero-order valence-corrected chi connectivity index (χ0v) is 11.5. The Bertz CT molecular complexity index is 331. The van der Waals surface area contributed by atoms with Gasteiger partial charge in [-0.1, -0.05) is 12.2 Å². The van der Waals surface area contributed by atoms with Gasteiger partial charge >= 0.3 is 0 Å². The third kappa shape index (κ3) is 2.32. The van der Waals surface area contributed by atoms with E-state index in [4.69, 9.17) is 17.6 Å². The van der Waals surface area contributed by atoms with E-state index in [9.17, 15) is 0 Å². The summed E-state index contributed by atoms with van der Waals surface area (Å²) >= 11 is 8.86. The van der Waals surface area contributed by atoms with Crippen LogP contribution in [0.15, 0.2) is 0 Å². The van der Waals surface area contributed by atoms with Crippen LogP contribution in [-0.4, -0.2) is 15.8 Å². The van der Waals surface area contributed by atoms with E-state index in [1.165, 1.54) is 38.5 Å². The number of thiocarbonyl (C=S) groups is 1. The molecule has 0 unspecified atom stereocenters. The molecule has 4 fully saturated rings. The summed E-state index contributed by atoms with van der Waals surface area (Å²) in [6, 6.07) is 0. The molecule has 0 aliphatic heterocycles. The van der Waals surface area contributed by atoms with Gasteiger partial charge in [-0.05, 0) is 56.3 Å². The summed E-state index contributed by atoms with van der Waals surface area (Å²) in [7, 11) is 0. The molecule has 17 heavy (non-hydrogen) atoms. The van der Waals surface area contributed by atoms with Crippen LogP contribution >= 0.6 is 24.8 Å². The molecule has 0 spiro atoms. The average Bonchev–Trinajstić information content (AvgIpc) is 2.11. The summed E-state index contributed by atoms with van der Waals surface area (Å²) in [6.45, 7) is 0. The zero-order chi connectivity index (χ0) is 12.0. The molecule has 5 heteroatoms. The molecule has 0 saturated heterocycles. The van der Waals surface area contributed by atoms with E-state index in [0.29, 0.717) is 10.3 Å². The number of hydrogen-bond donors (Lipinski definition) is 4. The summed E-state index contributed by atoms with van der Waals surface area (Å²) in [5.74, 6) is 3.01. The lowest BCUT2D eigenvalue weighted by atomic mass is 9.53. The standard InChI is InChI=1S/C12H19N3S2/c13-10(14-11(16)17)15-12-4-7-1-8(5-12)3-9(2-7)6-12/h7-9H,1-6H2,(H4,13,14,15,16,17). The Morgan fingerprint density at radius 1 is 1.12 bits per heavy atom. The van der Waals surface area contributed by atoms with Gasteiger partial charge in [0.15, 0.2) is 5.96 Å². The topological polar surface area (TPSA) is 47.9 Å². The minimum absolute atomic E-state index is 0.178. The molecule has 0 radical (unpaired) electrons. The molecule has 4 aliphatic rings. The van der Waals surface area contributed by atoms with E-state index in [-0.39, 0.29) is 5.54 Å². The number of thiol groups is 1.